The molecule has 0 fully saturated rings. The lowest BCUT2D eigenvalue weighted by Gasteiger charge is -2.26. The summed E-state index contributed by atoms with van der Waals surface area (Å²) in [6.07, 6.45) is 0. The van der Waals surface area contributed by atoms with Gasteiger partial charge in [0, 0.05) is 87.1 Å². The van der Waals surface area contributed by atoms with Gasteiger partial charge in [0.25, 0.3) is 0 Å². The summed E-state index contributed by atoms with van der Waals surface area (Å²) >= 11 is 0. The van der Waals surface area contributed by atoms with Gasteiger partial charge < -0.3 is 27.4 Å². The van der Waals surface area contributed by atoms with E-state index in [1.165, 1.54) is 76.3 Å². The lowest BCUT2D eigenvalue weighted by Crippen LogP contribution is -2.10. The molecule has 6 aromatic heterocycles. The summed E-state index contributed by atoms with van der Waals surface area (Å²) in [5.41, 5.74) is 21.3. The SMILES string of the molecule is c1ccc(-c2c3c4ccc(N(c5ccccc5)c5cccc6c5oc5ccccc56)c5c6ccccc6n(c3c(-c3ccccc3)c3c6ccc(N(c7ccccc7)c7cccc8c7oc7ccccc78)c7c8ccccc8n(c23)c67)c45)cc1. The molecule has 0 saturated heterocycles. The maximum absolute atomic E-state index is 6.89. The van der Waals surface area contributed by atoms with Crippen LogP contribution in [0.1, 0.15) is 0 Å². The van der Waals surface area contributed by atoms with Gasteiger partial charge in [-0.05, 0) is 83.9 Å². The second-order valence-corrected chi connectivity index (χ2v) is 22.2. The molecule has 13 aromatic carbocycles. The van der Waals surface area contributed by atoms with Gasteiger partial charge in [-0.15, -0.1) is 0 Å². The van der Waals surface area contributed by atoms with E-state index in [0.29, 0.717) is 0 Å². The van der Waals surface area contributed by atoms with Crippen molar-refractivity contribution >= 4 is 154 Å². The molecular weight excluding hydrogens is 1020 g/mol. The van der Waals surface area contributed by atoms with Crippen LogP contribution in [-0.2, 0) is 0 Å². The molecule has 0 aliphatic rings. The highest BCUT2D eigenvalue weighted by Crippen LogP contribution is 2.58. The first-order valence-corrected chi connectivity index (χ1v) is 28.8. The first-order chi connectivity index (χ1) is 41.8. The van der Waals surface area contributed by atoms with Crippen LogP contribution in [0.15, 0.2) is 288 Å². The number of rotatable bonds is 8. The first-order valence-electron chi connectivity index (χ1n) is 28.8. The Balaban J connectivity index is 0.996. The molecule has 6 nitrogen and oxygen atoms in total. The molecule has 0 spiro atoms. The number of benzene rings is 13. The Morgan fingerprint density at radius 3 is 1.02 bits per heavy atom. The van der Waals surface area contributed by atoms with Crippen molar-refractivity contribution in [3.05, 3.63) is 279 Å². The third-order valence-corrected chi connectivity index (χ3v) is 17.9. The Hall–Kier alpha value is -11.3. The third-order valence-electron chi connectivity index (χ3n) is 17.9. The fourth-order valence-corrected chi connectivity index (χ4v) is 14.7. The Bertz CT molecular complexity index is 5490. The summed E-state index contributed by atoms with van der Waals surface area (Å²) in [6, 6.07) is 101. The van der Waals surface area contributed by atoms with Gasteiger partial charge in [0.15, 0.2) is 11.2 Å². The molecule has 0 radical (unpaired) electrons. The molecule has 6 heteroatoms. The quantitative estimate of drug-likeness (QED) is 0.152. The van der Waals surface area contributed by atoms with Crippen molar-refractivity contribution in [1.82, 2.24) is 8.80 Å². The monoisotopic (exact) mass is 1070 g/mol. The Morgan fingerprint density at radius 2 is 0.595 bits per heavy atom. The second kappa shape index (κ2) is 17.1. The van der Waals surface area contributed by atoms with E-state index in [1.54, 1.807) is 0 Å². The zero-order valence-electron chi connectivity index (χ0n) is 45.2. The van der Waals surface area contributed by atoms with E-state index in [9.17, 15) is 0 Å². The van der Waals surface area contributed by atoms with Crippen LogP contribution in [0.4, 0.5) is 34.1 Å². The molecule has 6 heterocycles. The molecule has 0 aliphatic carbocycles. The van der Waals surface area contributed by atoms with Gasteiger partial charge in [-0.1, -0.05) is 206 Å². The van der Waals surface area contributed by atoms with Crippen molar-refractivity contribution in [3.63, 3.8) is 0 Å². The van der Waals surface area contributed by atoms with Gasteiger partial charge in [-0.25, -0.2) is 0 Å². The molecule has 19 rings (SSSR count). The molecule has 84 heavy (non-hydrogen) atoms. The molecular formula is C78H46N4O2. The molecule has 390 valence electrons. The topological polar surface area (TPSA) is 41.6 Å². The molecule has 0 aliphatic heterocycles. The molecule has 0 atom stereocenters. The lowest BCUT2D eigenvalue weighted by molar-refractivity contribution is 0.669. The summed E-state index contributed by atoms with van der Waals surface area (Å²) in [6.45, 7) is 0. The van der Waals surface area contributed by atoms with Crippen molar-refractivity contribution in [2.45, 2.75) is 0 Å². The van der Waals surface area contributed by atoms with Crippen LogP contribution in [0.3, 0.4) is 0 Å². The zero-order chi connectivity index (χ0) is 54.7. The molecule has 0 amide bonds. The predicted octanol–water partition coefficient (Wildman–Crippen LogP) is 22.1. The third kappa shape index (κ3) is 6.02. The Kier molecular flexibility index (Phi) is 9.24. The maximum Gasteiger partial charge on any atom is 0.159 e. The van der Waals surface area contributed by atoms with Gasteiger partial charge in [-0.3, -0.25) is 0 Å². The summed E-state index contributed by atoms with van der Waals surface area (Å²) in [5.74, 6) is 0. The normalized spacial score (nSPS) is 12.3. The predicted molar refractivity (Wildman–Crippen MR) is 351 cm³/mol. The number of anilines is 6. The summed E-state index contributed by atoms with van der Waals surface area (Å²) in [4.78, 5) is 4.84. The van der Waals surface area contributed by atoms with Gasteiger partial charge in [0.2, 0.25) is 0 Å². The number of furan rings is 2. The number of hydrogen-bond acceptors (Lipinski definition) is 4. The maximum atomic E-state index is 6.89. The molecule has 0 saturated carbocycles. The standard InChI is InChI=1S/C78H46N4O2/c1-5-23-47(24-6-1)67-71-57-43-45-61(79(49-27-9-3-10-28-49)63-39-21-35-53-51-31-15-19-41-65(51)83-77(53)63)69-56-34-14-18-38-60(56)82(73(57)69)76(71)68(48-25-7-2-8-26-48)72-58-44-46-62(70-55-33-13-17-37-59(55)81(74(58)70)75(67)72)80(50-29-11-4-12-30-50)64-40-22-36-54-52-32-16-20-42-66(52)84-78(54)64/h1-46H. The fraction of sp³-hybridized carbons (Fsp3) is 0. The summed E-state index contributed by atoms with van der Waals surface area (Å²) in [5, 5.41) is 13.9. The minimum atomic E-state index is 0.849. The number of fused-ring (bicyclic) bond motifs is 18. The fourth-order valence-electron chi connectivity index (χ4n) is 14.7. The van der Waals surface area contributed by atoms with E-state index in [1.807, 2.05) is 0 Å². The van der Waals surface area contributed by atoms with E-state index in [0.717, 1.165) is 100 Å². The van der Waals surface area contributed by atoms with Crippen LogP contribution in [0.25, 0.3) is 142 Å². The van der Waals surface area contributed by atoms with Crippen LogP contribution in [0.2, 0.25) is 0 Å². The average molecular weight is 1070 g/mol. The van der Waals surface area contributed by atoms with E-state index in [-0.39, 0.29) is 0 Å². The van der Waals surface area contributed by atoms with Gasteiger partial charge in [-0.2, -0.15) is 0 Å². The number of hydrogen-bond donors (Lipinski definition) is 0. The highest BCUT2D eigenvalue weighted by atomic mass is 16.3. The van der Waals surface area contributed by atoms with Crippen LogP contribution < -0.4 is 9.80 Å². The van der Waals surface area contributed by atoms with Gasteiger partial charge in [0.05, 0.1) is 55.8 Å². The van der Waals surface area contributed by atoms with Crippen LogP contribution >= 0.6 is 0 Å². The van der Waals surface area contributed by atoms with Crippen molar-refractivity contribution in [2.75, 3.05) is 9.80 Å². The minimum absolute atomic E-state index is 0.849. The number of para-hydroxylation sites is 8. The van der Waals surface area contributed by atoms with E-state index in [2.05, 4.69) is 298 Å². The summed E-state index contributed by atoms with van der Waals surface area (Å²) in [7, 11) is 0. The molecule has 19 aromatic rings. The van der Waals surface area contributed by atoms with Crippen molar-refractivity contribution in [3.8, 4) is 22.3 Å². The first kappa shape index (κ1) is 45.4. The van der Waals surface area contributed by atoms with Crippen molar-refractivity contribution < 1.29 is 8.83 Å². The average Bonchev–Trinajstić information content (AvgIpc) is 1.59. The van der Waals surface area contributed by atoms with Crippen molar-refractivity contribution in [1.29, 1.82) is 0 Å². The van der Waals surface area contributed by atoms with E-state index in [4.69, 9.17) is 8.83 Å². The van der Waals surface area contributed by atoms with Crippen LogP contribution in [0.5, 0.6) is 0 Å². The summed E-state index contributed by atoms with van der Waals surface area (Å²) < 4.78 is 19.0. The number of nitrogens with zero attached hydrogens (tertiary/aromatic N) is 4. The lowest BCUT2D eigenvalue weighted by atomic mass is 9.89. The smallest absolute Gasteiger partial charge is 0.159 e. The van der Waals surface area contributed by atoms with Crippen LogP contribution in [0, 0.1) is 0 Å². The van der Waals surface area contributed by atoms with Gasteiger partial charge >= 0.3 is 0 Å². The van der Waals surface area contributed by atoms with Crippen LogP contribution in [-0.4, -0.2) is 8.80 Å². The highest BCUT2D eigenvalue weighted by Gasteiger charge is 2.34. The van der Waals surface area contributed by atoms with E-state index >= 15 is 0 Å². The largest absolute Gasteiger partial charge is 0.454 e. The molecule has 0 bridgehead atoms. The second-order valence-electron chi connectivity index (χ2n) is 22.2. The molecule has 0 N–H and O–H groups in total. The Labute approximate surface area is 480 Å². The Morgan fingerprint density at radius 1 is 0.238 bits per heavy atom. The minimum Gasteiger partial charge on any atom is -0.454 e. The van der Waals surface area contributed by atoms with E-state index < -0.39 is 0 Å². The van der Waals surface area contributed by atoms with Gasteiger partial charge in [0.1, 0.15) is 11.2 Å². The number of aromatic nitrogens is 2. The molecule has 0 unspecified atom stereocenters. The van der Waals surface area contributed by atoms with Crippen molar-refractivity contribution in [2.24, 2.45) is 0 Å². The highest BCUT2D eigenvalue weighted by molar-refractivity contribution is 6.40. The zero-order valence-corrected chi connectivity index (χ0v) is 45.2.